The number of hydrogen-bond donors (Lipinski definition) is 1. The zero-order chi connectivity index (χ0) is 14.7. The van der Waals surface area contributed by atoms with E-state index in [0.29, 0.717) is 29.2 Å². The van der Waals surface area contributed by atoms with Crippen LogP contribution in [0.15, 0.2) is 28.8 Å². The first-order chi connectivity index (χ1) is 10.2. The Hall–Kier alpha value is -1.43. The highest BCUT2D eigenvalue weighted by Gasteiger charge is 2.21. The maximum Gasteiger partial charge on any atom is 0.257 e. The van der Waals surface area contributed by atoms with E-state index in [0.717, 1.165) is 31.5 Å². The molecule has 1 aliphatic heterocycles. The summed E-state index contributed by atoms with van der Waals surface area (Å²) in [5, 5.41) is 14.0. The van der Waals surface area contributed by atoms with E-state index >= 15 is 0 Å². The van der Waals surface area contributed by atoms with Crippen molar-refractivity contribution in [1.29, 1.82) is 0 Å². The highest BCUT2D eigenvalue weighted by molar-refractivity contribution is 6.30. The van der Waals surface area contributed by atoms with Crippen LogP contribution in [0.3, 0.4) is 0 Å². The third kappa shape index (κ3) is 3.61. The molecule has 1 aromatic heterocycles. The summed E-state index contributed by atoms with van der Waals surface area (Å²) in [4.78, 5) is 6.69. The Labute approximate surface area is 128 Å². The van der Waals surface area contributed by atoms with Gasteiger partial charge in [-0.1, -0.05) is 16.8 Å². The van der Waals surface area contributed by atoms with E-state index < -0.39 is 0 Å². The fraction of sp³-hybridized carbons (Fsp3) is 0.467. The summed E-state index contributed by atoms with van der Waals surface area (Å²) < 4.78 is 5.31. The van der Waals surface area contributed by atoms with Gasteiger partial charge in [0.15, 0.2) is 5.82 Å². The average Bonchev–Trinajstić information content (AvgIpc) is 2.96. The van der Waals surface area contributed by atoms with E-state index in [-0.39, 0.29) is 6.61 Å². The van der Waals surface area contributed by atoms with Crippen molar-refractivity contribution >= 4 is 11.6 Å². The number of aliphatic hydroxyl groups excluding tert-OH is 1. The summed E-state index contributed by atoms with van der Waals surface area (Å²) >= 11 is 5.87. The van der Waals surface area contributed by atoms with Gasteiger partial charge in [0.05, 0.1) is 6.54 Å². The van der Waals surface area contributed by atoms with Gasteiger partial charge in [-0.3, -0.25) is 4.90 Å². The lowest BCUT2D eigenvalue weighted by Crippen LogP contribution is -2.36. The highest BCUT2D eigenvalue weighted by Crippen LogP contribution is 2.21. The smallest absolute Gasteiger partial charge is 0.257 e. The summed E-state index contributed by atoms with van der Waals surface area (Å²) in [5.74, 6) is 1.55. The normalized spacial score (nSPS) is 19.8. The van der Waals surface area contributed by atoms with Crippen molar-refractivity contribution in [3.63, 3.8) is 0 Å². The van der Waals surface area contributed by atoms with Crippen LogP contribution < -0.4 is 0 Å². The van der Waals surface area contributed by atoms with E-state index in [9.17, 15) is 5.11 Å². The van der Waals surface area contributed by atoms with Gasteiger partial charge in [-0.2, -0.15) is 4.98 Å². The molecule has 3 rings (SSSR count). The summed E-state index contributed by atoms with van der Waals surface area (Å²) in [6.07, 6.45) is 2.20. The van der Waals surface area contributed by atoms with Crippen LogP contribution in [0.4, 0.5) is 0 Å². The topological polar surface area (TPSA) is 62.4 Å². The number of aromatic nitrogens is 2. The zero-order valence-corrected chi connectivity index (χ0v) is 12.5. The predicted molar refractivity (Wildman–Crippen MR) is 79.8 cm³/mol. The molecule has 0 bridgehead atoms. The number of rotatable bonds is 4. The molecule has 1 aromatic carbocycles. The van der Waals surface area contributed by atoms with Gasteiger partial charge in [-0.15, -0.1) is 0 Å². The number of hydrogen-bond acceptors (Lipinski definition) is 5. The van der Waals surface area contributed by atoms with Crippen LogP contribution in [-0.2, 0) is 6.54 Å². The van der Waals surface area contributed by atoms with Gasteiger partial charge in [-0.05, 0) is 49.6 Å². The number of benzene rings is 1. The molecule has 1 saturated heterocycles. The maximum absolute atomic E-state index is 9.26. The first-order valence-corrected chi connectivity index (χ1v) is 7.54. The Morgan fingerprint density at radius 1 is 1.33 bits per heavy atom. The zero-order valence-electron chi connectivity index (χ0n) is 11.7. The fourth-order valence-electron chi connectivity index (χ4n) is 2.67. The molecule has 0 spiro atoms. The Morgan fingerprint density at radius 2 is 2.14 bits per heavy atom. The number of halogens is 1. The molecular formula is C15H18ClN3O2. The molecule has 1 aliphatic rings. The van der Waals surface area contributed by atoms with Crippen LogP contribution in [0.2, 0.25) is 5.02 Å². The second-order valence-electron chi connectivity index (χ2n) is 5.45. The Kier molecular flexibility index (Phi) is 4.53. The molecule has 0 saturated carbocycles. The van der Waals surface area contributed by atoms with Crippen LogP contribution in [0.25, 0.3) is 11.5 Å². The summed E-state index contributed by atoms with van der Waals surface area (Å²) in [6, 6.07) is 7.33. The molecule has 0 aliphatic carbocycles. The van der Waals surface area contributed by atoms with Gasteiger partial charge < -0.3 is 9.63 Å². The summed E-state index contributed by atoms with van der Waals surface area (Å²) in [6.45, 7) is 2.81. The first-order valence-electron chi connectivity index (χ1n) is 7.16. The lowest BCUT2D eigenvalue weighted by Gasteiger charge is -2.30. The van der Waals surface area contributed by atoms with Crippen molar-refractivity contribution < 1.29 is 9.63 Å². The van der Waals surface area contributed by atoms with Crippen molar-refractivity contribution in [2.45, 2.75) is 19.4 Å². The summed E-state index contributed by atoms with van der Waals surface area (Å²) in [7, 11) is 0. The molecular weight excluding hydrogens is 290 g/mol. The number of nitrogens with zero attached hydrogens (tertiary/aromatic N) is 3. The molecule has 2 aromatic rings. The predicted octanol–water partition coefficient (Wildman–Crippen LogP) is 2.59. The summed E-state index contributed by atoms with van der Waals surface area (Å²) in [5.41, 5.74) is 0.866. The minimum absolute atomic E-state index is 0.249. The molecule has 5 nitrogen and oxygen atoms in total. The molecule has 0 amide bonds. The third-order valence-electron chi connectivity index (χ3n) is 3.79. The molecule has 0 radical (unpaired) electrons. The molecule has 21 heavy (non-hydrogen) atoms. The van der Waals surface area contributed by atoms with Crippen molar-refractivity contribution in [1.82, 2.24) is 15.0 Å². The minimum Gasteiger partial charge on any atom is -0.396 e. The Balaban J connectivity index is 1.66. The lowest BCUT2D eigenvalue weighted by atomic mass is 9.99. The SMILES string of the molecule is OCC1CCCN(Cc2noc(-c3ccc(Cl)cc3)n2)C1. The van der Waals surface area contributed by atoms with Gasteiger partial charge in [0.2, 0.25) is 0 Å². The Morgan fingerprint density at radius 3 is 2.90 bits per heavy atom. The largest absolute Gasteiger partial charge is 0.396 e. The van der Waals surface area contributed by atoms with E-state index in [1.165, 1.54) is 0 Å². The van der Waals surface area contributed by atoms with Gasteiger partial charge >= 0.3 is 0 Å². The molecule has 1 N–H and O–H groups in total. The third-order valence-corrected chi connectivity index (χ3v) is 4.04. The van der Waals surface area contributed by atoms with Gasteiger partial charge in [0.25, 0.3) is 5.89 Å². The molecule has 1 atom stereocenters. The van der Waals surface area contributed by atoms with Crippen molar-refractivity contribution in [3.8, 4) is 11.5 Å². The van der Waals surface area contributed by atoms with Crippen molar-refractivity contribution in [2.24, 2.45) is 5.92 Å². The van der Waals surface area contributed by atoms with Crippen molar-refractivity contribution in [3.05, 3.63) is 35.1 Å². The van der Waals surface area contributed by atoms with Crippen LogP contribution >= 0.6 is 11.6 Å². The van der Waals surface area contributed by atoms with Crippen LogP contribution in [0, 0.1) is 5.92 Å². The number of piperidine rings is 1. The molecule has 6 heteroatoms. The van der Waals surface area contributed by atoms with Crippen LogP contribution in [0.5, 0.6) is 0 Å². The molecule has 112 valence electrons. The molecule has 1 unspecified atom stereocenters. The minimum atomic E-state index is 0.249. The number of likely N-dealkylation sites (tertiary alicyclic amines) is 1. The van der Waals surface area contributed by atoms with E-state index in [1.807, 2.05) is 12.1 Å². The van der Waals surface area contributed by atoms with E-state index in [1.54, 1.807) is 12.1 Å². The second-order valence-corrected chi connectivity index (χ2v) is 5.89. The average molecular weight is 308 g/mol. The second kappa shape index (κ2) is 6.56. The van der Waals surface area contributed by atoms with Gasteiger partial charge in [0, 0.05) is 23.7 Å². The highest BCUT2D eigenvalue weighted by atomic mass is 35.5. The van der Waals surface area contributed by atoms with Gasteiger partial charge in [-0.25, -0.2) is 0 Å². The van der Waals surface area contributed by atoms with Crippen LogP contribution in [-0.4, -0.2) is 39.8 Å². The monoisotopic (exact) mass is 307 g/mol. The first kappa shape index (κ1) is 14.5. The maximum atomic E-state index is 9.26. The fourth-order valence-corrected chi connectivity index (χ4v) is 2.80. The molecule has 2 heterocycles. The standard InChI is InChI=1S/C15H18ClN3O2/c16-13-5-3-12(4-6-13)15-17-14(18-21-15)9-19-7-1-2-11(8-19)10-20/h3-6,11,20H,1-2,7-10H2. The molecule has 1 fully saturated rings. The lowest BCUT2D eigenvalue weighted by molar-refractivity contribution is 0.113. The van der Waals surface area contributed by atoms with E-state index in [4.69, 9.17) is 16.1 Å². The van der Waals surface area contributed by atoms with E-state index in [2.05, 4.69) is 15.0 Å². The van der Waals surface area contributed by atoms with Crippen molar-refractivity contribution in [2.75, 3.05) is 19.7 Å². The Bertz CT molecular complexity index is 585. The van der Waals surface area contributed by atoms with Crippen LogP contribution in [0.1, 0.15) is 18.7 Å². The van der Waals surface area contributed by atoms with Gasteiger partial charge in [0.1, 0.15) is 0 Å². The number of aliphatic hydroxyl groups is 1. The quantitative estimate of drug-likeness (QED) is 0.940.